The highest BCUT2D eigenvalue weighted by Crippen LogP contribution is 2.32. The molecule has 0 saturated carbocycles. The molecule has 0 atom stereocenters. The van der Waals surface area contributed by atoms with Crippen molar-refractivity contribution < 1.29 is 19.2 Å². The van der Waals surface area contributed by atoms with E-state index in [1.54, 1.807) is 0 Å². The molecule has 0 aliphatic heterocycles. The number of nitrogens with zero attached hydrogens (tertiary/aromatic N) is 1. The molecule has 2 aromatic rings. The Hall–Kier alpha value is -2.48. The first-order valence-corrected chi connectivity index (χ1v) is 6.41. The summed E-state index contributed by atoms with van der Waals surface area (Å²) in [6.07, 6.45) is 0. The smallest absolute Gasteiger partial charge is 0.335 e. The van der Waals surface area contributed by atoms with Gasteiger partial charge in [-0.1, -0.05) is 0 Å². The van der Waals surface area contributed by atoms with E-state index < -0.39 is 16.7 Å². The minimum absolute atomic E-state index is 0.0359. The van der Waals surface area contributed by atoms with E-state index in [4.69, 9.17) is 5.11 Å². The maximum atomic E-state index is 13.2. The van der Waals surface area contributed by atoms with Gasteiger partial charge in [-0.15, -0.1) is 0 Å². The van der Waals surface area contributed by atoms with Gasteiger partial charge in [0, 0.05) is 10.5 Å². The molecule has 8 heteroatoms. The third-order valence-electron chi connectivity index (χ3n) is 2.64. The van der Waals surface area contributed by atoms with Crippen LogP contribution in [0.2, 0.25) is 0 Å². The number of anilines is 2. The zero-order valence-electron chi connectivity index (χ0n) is 10.3. The number of halogens is 2. The second-order valence-electron chi connectivity index (χ2n) is 4.04. The Kier molecular flexibility index (Phi) is 4.18. The molecule has 0 amide bonds. The number of nitrogens with one attached hydrogen (secondary N) is 1. The first-order valence-electron chi connectivity index (χ1n) is 5.62. The fourth-order valence-electron chi connectivity index (χ4n) is 1.67. The number of nitro benzene ring substituents is 1. The van der Waals surface area contributed by atoms with Gasteiger partial charge in [0.05, 0.1) is 16.2 Å². The average Bonchev–Trinajstić information content (AvgIpc) is 2.42. The standard InChI is InChI=1S/C13H8BrFN2O4/c14-9-3-2-8(15)6-10(9)16-11-5-7(13(18)19)1-4-12(11)17(20)21/h1-6,16H,(H,18,19). The molecule has 2 N–H and O–H groups in total. The van der Waals surface area contributed by atoms with E-state index in [9.17, 15) is 19.3 Å². The van der Waals surface area contributed by atoms with Crippen LogP contribution in [0.4, 0.5) is 21.5 Å². The van der Waals surface area contributed by atoms with Crippen LogP contribution in [0.3, 0.4) is 0 Å². The van der Waals surface area contributed by atoms with E-state index in [1.807, 2.05) is 0 Å². The quantitative estimate of drug-likeness (QED) is 0.640. The number of carboxylic acids is 1. The molecule has 0 aliphatic rings. The second-order valence-corrected chi connectivity index (χ2v) is 4.90. The number of aromatic carboxylic acids is 1. The largest absolute Gasteiger partial charge is 0.478 e. The zero-order valence-corrected chi connectivity index (χ0v) is 11.9. The van der Waals surface area contributed by atoms with Crippen molar-refractivity contribution in [1.82, 2.24) is 0 Å². The van der Waals surface area contributed by atoms with E-state index in [2.05, 4.69) is 21.2 Å². The minimum Gasteiger partial charge on any atom is -0.478 e. The van der Waals surface area contributed by atoms with Gasteiger partial charge in [-0.05, 0) is 46.3 Å². The van der Waals surface area contributed by atoms with Gasteiger partial charge in [0.2, 0.25) is 0 Å². The molecule has 108 valence electrons. The summed E-state index contributed by atoms with van der Waals surface area (Å²) >= 11 is 3.18. The maximum absolute atomic E-state index is 13.2. The predicted molar refractivity (Wildman–Crippen MR) is 77.4 cm³/mol. The molecular formula is C13H8BrFN2O4. The van der Waals surface area contributed by atoms with Gasteiger partial charge in [0.15, 0.2) is 0 Å². The Bertz CT molecular complexity index is 736. The Labute approximate surface area is 126 Å². The van der Waals surface area contributed by atoms with Crippen LogP contribution in [-0.2, 0) is 0 Å². The lowest BCUT2D eigenvalue weighted by Crippen LogP contribution is -2.02. The van der Waals surface area contributed by atoms with Gasteiger partial charge in [-0.3, -0.25) is 10.1 Å². The summed E-state index contributed by atoms with van der Waals surface area (Å²) in [5, 5.41) is 22.6. The third-order valence-corrected chi connectivity index (χ3v) is 3.33. The van der Waals surface area contributed by atoms with Crippen molar-refractivity contribution in [3.63, 3.8) is 0 Å². The minimum atomic E-state index is -1.22. The fourth-order valence-corrected chi connectivity index (χ4v) is 2.01. The molecule has 0 spiro atoms. The third kappa shape index (κ3) is 3.34. The van der Waals surface area contributed by atoms with Crippen molar-refractivity contribution >= 4 is 39.0 Å². The normalized spacial score (nSPS) is 10.2. The van der Waals surface area contributed by atoms with E-state index in [0.717, 1.165) is 24.3 Å². The topological polar surface area (TPSA) is 92.5 Å². The lowest BCUT2D eigenvalue weighted by molar-refractivity contribution is -0.383. The zero-order chi connectivity index (χ0) is 15.6. The van der Waals surface area contributed by atoms with Crippen molar-refractivity contribution in [2.75, 3.05) is 5.32 Å². The molecule has 0 aromatic heterocycles. The number of rotatable bonds is 4. The van der Waals surface area contributed by atoms with E-state index >= 15 is 0 Å². The molecular weight excluding hydrogens is 347 g/mol. The molecule has 0 fully saturated rings. The summed E-state index contributed by atoms with van der Waals surface area (Å²) in [5.41, 5.74) is -0.210. The fraction of sp³-hybridized carbons (Fsp3) is 0. The molecule has 6 nitrogen and oxygen atoms in total. The van der Waals surface area contributed by atoms with E-state index in [-0.39, 0.29) is 22.6 Å². The lowest BCUT2D eigenvalue weighted by atomic mass is 10.1. The molecule has 2 aromatic carbocycles. The monoisotopic (exact) mass is 354 g/mol. The van der Waals surface area contributed by atoms with Crippen molar-refractivity contribution in [3.8, 4) is 0 Å². The summed E-state index contributed by atoms with van der Waals surface area (Å²) in [4.78, 5) is 21.3. The summed E-state index contributed by atoms with van der Waals surface area (Å²) in [7, 11) is 0. The maximum Gasteiger partial charge on any atom is 0.335 e. The summed E-state index contributed by atoms with van der Waals surface area (Å²) < 4.78 is 13.7. The highest BCUT2D eigenvalue weighted by Gasteiger charge is 2.17. The first-order chi connectivity index (χ1) is 9.88. The number of nitro groups is 1. The lowest BCUT2D eigenvalue weighted by Gasteiger charge is -2.10. The molecule has 0 bridgehead atoms. The van der Waals surface area contributed by atoms with Crippen LogP contribution in [0.1, 0.15) is 10.4 Å². The van der Waals surface area contributed by atoms with Crippen molar-refractivity contribution in [1.29, 1.82) is 0 Å². The van der Waals surface area contributed by atoms with E-state index in [1.165, 1.54) is 12.1 Å². The summed E-state index contributed by atoms with van der Waals surface area (Å²) in [5.74, 6) is -1.75. The number of hydrogen-bond acceptors (Lipinski definition) is 4. The predicted octanol–water partition coefficient (Wildman–Crippen LogP) is 3.94. The highest BCUT2D eigenvalue weighted by atomic mass is 79.9. The Morgan fingerprint density at radius 2 is 1.95 bits per heavy atom. The van der Waals surface area contributed by atoms with Crippen LogP contribution in [0, 0.1) is 15.9 Å². The Morgan fingerprint density at radius 1 is 1.24 bits per heavy atom. The summed E-state index contributed by atoms with van der Waals surface area (Å²) in [6.45, 7) is 0. The molecule has 0 unspecified atom stereocenters. The first kappa shape index (κ1) is 14.9. The second kappa shape index (κ2) is 5.88. The van der Waals surface area contributed by atoms with Gasteiger partial charge in [-0.2, -0.15) is 0 Å². The number of benzene rings is 2. The van der Waals surface area contributed by atoms with Gasteiger partial charge in [-0.25, -0.2) is 9.18 Å². The van der Waals surface area contributed by atoms with Crippen molar-refractivity contribution in [2.45, 2.75) is 0 Å². The molecule has 0 aliphatic carbocycles. The van der Waals surface area contributed by atoms with Crippen LogP contribution in [0.25, 0.3) is 0 Å². The Morgan fingerprint density at radius 3 is 2.57 bits per heavy atom. The van der Waals surface area contributed by atoms with Crippen LogP contribution in [0.5, 0.6) is 0 Å². The van der Waals surface area contributed by atoms with Crippen LogP contribution < -0.4 is 5.32 Å². The average molecular weight is 355 g/mol. The number of hydrogen-bond donors (Lipinski definition) is 2. The Balaban J connectivity index is 2.50. The number of carboxylic acid groups (broad SMARTS) is 1. The SMILES string of the molecule is O=C(O)c1ccc([N+](=O)[O-])c(Nc2cc(F)ccc2Br)c1. The van der Waals surface area contributed by atoms with Crippen LogP contribution in [0.15, 0.2) is 40.9 Å². The molecule has 21 heavy (non-hydrogen) atoms. The summed E-state index contributed by atoms with van der Waals surface area (Å²) in [6, 6.07) is 7.13. The number of carbonyl (C=O) groups is 1. The van der Waals surface area contributed by atoms with Crippen LogP contribution >= 0.6 is 15.9 Å². The van der Waals surface area contributed by atoms with Crippen molar-refractivity contribution in [3.05, 3.63) is 62.4 Å². The highest BCUT2D eigenvalue weighted by molar-refractivity contribution is 9.10. The van der Waals surface area contributed by atoms with Gasteiger partial charge in [0.25, 0.3) is 5.69 Å². The van der Waals surface area contributed by atoms with Gasteiger partial charge >= 0.3 is 5.97 Å². The van der Waals surface area contributed by atoms with Gasteiger partial charge < -0.3 is 10.4 Å². The van der Waals surface area contributed by atoms with Crippen LogP contribution in [-0.4, -0.2) is 16.0 Å². The molecule has 0 heterocycles. The molecule has 0 saturated heterocycles. The van der Waals surface area contributed by atoms with Crippen molar-refractivity contribution in [2.24, 2.45) is 0 Å². The van der Waals surface area contributed by atoms with Gasteiger partial charge in [0.1, 0.15) is 11.5 Å². The molecule has 2 rings (SSSR count). The molecule has 0 radical (unpaired) electrons. The van der Waals surface area contributed by atoms with E-state index in [0.29, 0.717) is 4.47 Å².